The number of nitrogens with one attached hydrogen (secondary N) is 1. The highest BCUT2D eigenvalue weighted by Gasteiger charge is 2.44. The number of aryl methyl sites for hydroxylation is 1. The highest BCUT2D eigenvalue weighted by molar-refractivity contribution is 5.26. The van der Waals surface area contributed by atoms with Gasteiger partial charge >= 0.3 is 0 Å². The van der Waals surface area contributed by atoms with E-state index in [0.717, 1.165) is 5.56 Å². The summed E-state index contributed by atoms with van der Waals surface area (Å²) in [6.07, 6.45) is 0. The Morgan fingerprint density at radius 3 is 2.59 bits per heavy atom. The minimum absolute atomic E-state index is 0.438. The van der Waals surface area contributed by atoms with Crippen LogP contribution in [-0.2, 0) is 10.5 Å². The van der Waals surface area contributed by atoms with Gasteiger partial charge in [-0.2, -0.15) is 0 Å². The first-order valence-electron chi connectivity index (χ1n) is 8.55. The molecule has 0 spiro atoms. The highest BCUT2D eigenvalue weighted by Crippen LogP contribution is 2.32. The van der Waals surface area contributed by atoms with Gasteiger partial charge in [-0.3, -0.25) is 0 Å². The summed E-state index contributed by atoms with van der Waals surface area (Å²) in [5.41, 5.74) is -0.794. The molecule has 1 aromatic rings. The summed E-state index contributed by atoms with van der Waals surface area (Å²) < 4.78 is 51.2. The van der Waals surface area contributed by atoms with Crippen molar-refractivity contribution in [1.29, 1.82) is 0 Å². The number of morpholine rings is 1. The van der Waals surface area contributed by atoms with E-state index in [9.17, 15) is 5.11 Å². The van der Waals surface area contributed by atoms with E-state index in [4.69, 9.17) is 13.0 Å². The van der Waals surface area contributed by atoms with Crippen LogP contribution >= 0.6 is 0 Å². The first-order chi connectivity index (χ1) is 10.3. The predicted molar refractivity (Wildman–Crippen MR) is 67.7 cm³/mol. The molecule has 3 nitrogen and oxygen atoms in total. The number of hydrogen-bond donors (Lipinski definition) is 2. The van der Waals surface area contributed by atoms with Gasteiger partial charge in [0.05, 0.1) is 12.6 Å². The third-order valence-electron chi connectivity index (χ3n) is 3.02. The van der Waals surface area contributed by atoms with Crippen molar-refractivity contribution in [2.24, 2.45) is 0 Å². The topological polar surface area (TPSA) is 41.5 Å². The smallest absolute Gasteiger partial charge is 0.208 e. The maximum absolute atomic E-state index is 10.8. The van der Waals surface area contributed by atoms with E-state index < -0.39 is 37.7 Å². The first kappa shape index (κ1) is 6.88. The van der Waals surface area contributed by atoms with Crippen molar-refractivity contribution < 1.29 is 18.1 Å². The van der Waals surface area contributed by atoms with Gasteiger partial charge in [0, 0.05) is 19.3 Å². The van der Waals surface area contributed by atoms with Crippen molar-refractivity contribution in [3.8, 4) is 0 Å². The van der Waals surface area contributed by atoms with Gasteiger partial charge in [-0.25, -0.2) is 0 Å². The van der Waals surface area contributed by atoms with E-state index in [1.54, 1.807) is 24.3 Å². The standard InChI is InChI=1S/C14H21NO2/c1-10-5-7-12(8-6-10)14(16)11(2)15-13(3,4)9-17-14/h5-8,11,15-16H,9H2,1-4H3/i3D3,4D3. The van der Waals surface area contributed by atoms with E-state index >= 15 is 0 Å². The summed E-state index contributed by atoms with van der Waals surface area (Å²) in [7, 11) is 0. The Hall–Kier alpha value is -0.900. The predicted octanol–water partition coefficient (Wildman–Crippen LogP) is 1.93. The molecule has 2 N–H and O–H groups in total. The van der Waals surface area contributed by atoms with Crippen LogP contribution in [0, 0.1) is 6.92 Å². The van der Waals surface area contributed by atoms with E-state index in [1.165, 1.54) is 6.92 Å². The van der Waals surface area contributed by atoms with Gasteiger partial charge in [0.2, 0.25) is 5.79 Å². The maximum atomic E-state index is 10.8. The van der Waals surface area contributed by atoms with Gasteiger partial charge in [-0.15, -0.1) is 0 Å². The Morgan fingerprint density at radius 2 is 2.06 bits per heavy atom. The third kappa shape index (κ3) is 2.37. The largest absolute Gasteiger partial charge is 0.361 e. The van der Waals surface area contributed by atoms with Crippen molar-refractivity contribution >= 4 is 0 Å². The molecule has 94 valence electrons. The van der Waals surface area contributed by atoms with Crippen LogP contribution in [0.4, 0.5) is 0 Å². The lowest BCUT2D eigenvalue weighted by atomic mass is 9.92. The van der Waals surface area contributed by atoms with Gasteiger partial charge in [-0.05, 0) is 27.6 Å². The molecule has 0 amide bonds. The molecule has 0 radical (unpaired) electrons. The van der Waals surface area contributed by atoms with Gasteiger partial charge in [0.15, 0.2) is 0 Å². The summed E-state index contributed by atoms with van der Waals surface area (Å²) in [5.74, 6) is -1.80. The normalized spacial score (nSPS) is 39.1. The van der Waals surface area contributed by atoms with Gasteiger partial charge < -0.3 is 15.2 Å². The maximum Gasteiger partial charge on any atom is 0.208 e. The van der Waals surface area contributed by atoms with Crippen LogP contribution in [0.25, 0.3) is 0 Å². The zero-order valence-corrected chi connectivity index (χ0v) is 9.95. The van der Waals surface area contributed by atoms with Gasteiger partial charge in [-0.1, -0.05) is 29.8 Å². The average molecular weight is 241 g/mol. The van der Waals surface area contributed by atoms with Gasteiger partial charge in [0.25, 0.3) is 0 Å². The number of hydrogen-bond acceptors (Lipinski definition) is 3. The van der Waals surface area contributed by atoms with Crippen LogP contribution < -0.4 is 5.32 Å². The highest BCUT2D eigenvalue weighted by atomic mass is 16.6. The van der Waals surface area contributed by atoms with Crippen LogP contribution in [0.3, 0.4) is 0 Å². The molecule has 1 fully saturated rings. The molecule has 0 saturated carbocycles. The summed E-state index contributed by atoms with van der Waals surface area (Å²) in [5, 5.41) is 13.4. The third-order valence-corrected chi connectivity index (χ3v) is 3.02. The molecule has 1 aliphatic rings. The molecule has 17 heavy (non-hydrogen) atoms. The molecule has 0 bridgehead atoms. The first-order valence-corrected chi connectivity index (χ1v) is 5.55. The molecule has 2 rings (SSSR count). The van der Waals surface area contributed by atoms with E-state index in [-0.39, 0.29) is 0 Å². The molecule has 3 heteroatoms. The number of rotatable bonds is 1. The van der Waals surface area contributed by atoms with Gasteiger partial charge in [0.1, 0.15) is 0 Å². The molecule has 1 saturated heterocycles. The number of aliphatic hydroxyl groups is 1. The van der Waals surface area contributed by atoms with Crippen LogP contribution in [0.5, 0.6) is 0 Å². The molecule has 2 unspecified atom stereocenters. The lowest BCUT2D eigenvalue weighted by molar-refractivity contribution is -0.263. The summed E-state index contributed by atoms with van der Waals surface area (Å²) in [6, 6.07) is 5.99. The van der Waals surface area contributed by atoms with Crippen molar-refractivity contribution in [2.45, 2.75) is 44.9 Å². The Kier molecular flexibility index (Phi) is 1.65. The summed E-state index contributed by atoms with van der Waals surface area (Å²) in [4.78, 5) is 0. The lowest BCUT2D eigenvalue weighted by Crippen LogP contribution is -2.63. The summed E-state index contributed by atoms with van der Waals surface area (Å²) >= 11 is 0. The minimum atomic E-state index is -2.82. The fraction of sp³-hybridized carbons (Fsp3) is 0.571. The van der Waals surface area contributed by atoms with E-state index in [2.05, 4.69) is 5.32 Å². The molecular formula is C14H21NO2. The Bertz CT molecular complexity index is 554. The van der Waals surface area contributed by atoms with Crippen LogP contribution in [0.2, 0.25) is 0 Å². The lowest BCUT2D eigenvalue weighted by Gasteiger charge is -2.46. The zero-order valence-electron chi connectivity index (χ0n) is 15.9. The second kappa shape index (κ2) is 4.09. The van der Waals surface area contributed by atoms with E-state index in [0.29, 0.717) is 5.56 Å². The quantitative estimate of drug-likeness (QED) is 0.789. The Morgan fingerprint density at radius 1 is 1.41 bits per heavy atom. The van der Waals surface area contributed by atoms with Crippen LogP contribution in [0.15, 0.2) is 24.3 Å². The molecule has 1 aliphatic heterocycles. The van der Waals surface area contributed by atoms with Crippen LogP contribution in [0.1, 0.15) is 40.0 Å². The average Bonchev–Trinajstić information content (AvgIpc) is 2.40. The molecule has 0 aliphatic carbocycles. The number of benzene rings is 1. The van der Waals surface area contributed by atoms with Crippen molar-refractivity contribution in [2.75, 3.05) is 6.61 Å². The van der Waals surface area contributed by atoms with Crippen molar-refractivity contribution in [3.63, 3.8) is 0 Å². The molecular weight excluding hydrogens is 214 g/mol. The van der Waals surface area contributed by atoms with Crippen molar-refractivity contribution in [1.82, 2.24) is 5.32 Å². The van der Waals surface area contributed by atoms with Crippen molar-refractivity contribution in [3.05, 3.63) is 35.4 Å². The fourth-order valence-electron chi connectivity index (χ4n) is 1.98. The van der Waals surface area contributed by atoms with E-state index in [1.807, 2.05) is 6.92 Å². The molecule has 2 atom stereocenters. The summed E-state index contributed by atoms with van der Waals surface area (Å²) in [6.45, 7) is -2.90. The Balaban J connectivity index is 2.39. The second-order valence-electron chi connectivity index (χ2n) is 4.62. The Labute approximate surface area is 111 Å². The zero-order chi connectivity index (χ0) is 17.7. The molecule has 1 aromatic carbocycles. The second-order valence-corrected chi connectivity index (χ2v) is 4.62. The number of ether oxygens (including phenoxy) is 1. The SMILES string of the molecule is [2H]C([2H])([2H])C1(C([2H])([2H])[2H])COC(O)(c2ccc(C)cc2)C(C)N1. The minimum Gasteiger partial charge on any atom is -0.361 e. The monoisotopic (exact) mass is 241 g/mol. The molecule has 0 aromatic heterocycles. The van der Waals surface area contributed by atoms with Crippen LogP contribution in [-0.4, -0.2) is 23.3 Å². The molecule has 1 heterocycles. The fourth-order valence-corrected chi connectivity index (χ4v) is 1.98.